The van der Waals surface area contributed by atoms with E-state index < -0.39 is 0 Å². The molecule has 0 fully saturated rings. The van der Waals surface area contributed by atoms with Crippen molar-refractivity contribution >= 4 is 34.0 Å². The average molecular weight is 429 g/mol. The zero-order chi connectivity index (χ0) is 21.5. The first-order valence-electron chi connectivity index (χ1n) is 10.1. The molecule has 0 unspecified atom stereocenters. The van der Waals surface area contributed by atoms with Gasteiger partial charge in [-0.15, -0.1) is 0 Å². The first-order valence-corrected chi connectivity index (χ1v) is 10.5. The molecule has 31 heavy (non-hydrogen) atoms. The molecule has 0 aliphatic rings. The molecule has 0 saturated heterocycles. The van der Waals surface area contributed by atoms with Crippen LogP contribution in [0.1, 0.15) is 16.7 Å². The summed E-state index contributed by atoms with van der Waals surface area (Å²) >= 11 is 6.14. The fourth-order valence-corrected chi connectivity index (χ4v) is 4.04. The molecule has 6 heteroatoms. The van der Waals surface area contributed by atoms with E-state index in [9.17, 15) is 4.79 Å². The van der Waals surface area contributed by atoms with Gasteiger partial charge in [0.15, 0.2) is 0 Å². The van der Waals surface area contributed by atoms with Crippen molar-refractivity contribution in [3.05, 3.63) is 98.9 Å². The number of hydrogen-bond donors (Lipinski definition) is 2. The SMILES string of the molecule is Cc1ccc2cc(-c3nc4cc(C)ccn4c3NCc3cccc(Cl)c3)c(=O)[nH]c2c1. The summed E-state index contributed by atoms with van der Waals surface area (Å²) in [4.78, 5) is 20.8. The lowest BCUT2D eigenvalue weighted by Gasteiger charge is -2.10. The maximum atomic E-state index is 13.0. The van der Waals surface area contributed by atoms with Gasteiger partial charge >= 0.3 is 0 Å². The molecule has 5 nitrogen and oxygen atoms in total. The van der Waals surface area contributed by atoms with Crippen molar-refractivity contribution in [2.24, 2.45) is 0 Å². The number of fused-ring (bicyclic) bond motifs is 2. The van der Waals surface area contributed by atoms with Crippen LogP contribution in [0.4, 0.5) is 5.82 Å². The van der Waals surface area contributed by atoms with Gasteiger partial charge in [0.1, 0.15) is 17.2 Å². The number of benzene rings is 2. The molecular formula is C25H21ClN4O. The molecule has 0 bridgehead atoms. The summed E-state index contributed by atoms with van der Waals surface area (Å²) in [6.45, 7) is 4.59. The average Bonchev–Trinajstić information content (AvgIpc) is 3.09. The van der Waals surface area contributed by atoms with E-state index in [1.807, 2.05) is 85.1 Å². The maximum absolute atomic E-state index is 13.0. The van der Waals surface area contributed by atoms with Crippen LogP contribution in [0.5, 0.6) is 0 Å². The minimum Gasteiger partial charge on any atom is -0.365 e. The first-order chi connectivity index (χ1) is 15.0. The summed E-state index contributed by atoms with van der Waals surface area (Å²) in [5.41, 5.74) is 5.85. The van der Waals surface area contributed by atoms with E-state index in [1.54, 1.807) is 0 Å². The van der Waals surface area contributed by atoms with E-state index in [1.165, 1.54) is 0 Å². The summed E-state index contributed by atoms with van der Waals surface area (Å²) in [5.74, 6) is 0.770. The fourth-order valence-electron chi connectivity index (χ4n) is 3.83. The van der Waals surface area contributed by atoms with Gasteiger partial charge in [-0.1, -0.05) is 35.9 Å². The van der Waals surface area contributed by atoms with Crippen LogP contribution < -0.4 is 10.9 Å². The van der Waals surface area contributed by atoms with Gasteiger partial charge in [-0.25, -0.2) is 4.98 Å². The zero-order valence-electron chi connectivity index (χ0n) is 17.2. The van der Waals surface area contributed by atoms with Crippen molar-refractivity contribution in [1.29, 1.82) is 0 Å². The van der Waals surface area contributed by atoms with E-state index in [0.717, 1.165) is 39.1 Å². The molecule has 0 saturated carbocycles. The predicted octanol–water partition coefficient (Wildman–Crippen LogP) is 5.73. The summed E-state index contributed by atoms with van der Waals surface area (Å²) in [7, 11) is 0. The quantitative estimate of drug-likeness (QED) is 0.384. The third-order valence-corrected chi connectivity index (χ3v) is 5.62. The maximum Gasteiger partial charge on any atom is 0.258 e. The second kappa shape index (κ2) is 7.60. The van der Waals surface area contributed by atoms with Crippen molar-refractivity contribution < 1.29 is 0 Å². The fraction of sp³-hybridized carbons (Fsp3) is 0.120. The monoisotopic (exact) mass is 428 g/mol. The molecule has 5 rings (SSSR count). The summed E-state index contributed by atoms with van der Waals surface area (Å²) < 4.78 is 1.98. The van der Waals surface area contributed by atoms with Crippen LogP contribution in [-0.2, 0) is 6.54 Å². The number of nitrogens with zero attached hydrogens (tertiary/aromatic N) is 2. The molecular weight excluding hydrogens is 408 g/mol. The van der Waals surface area contributed by atoms with Crippen LogP contribution >= 0.6 is 11.6 Å². The van der Waals surface area contributed by atoms with Crippen molar-refractivity contribution in [2.75, 3.05) is 5.32 Å². The van der Waals surface area contributed by atoms with E-state index >= 15 is 0 Å². The van der Waals surface area contributed by atoms with Crippen LogP contribution in [0.3, 0.4) is 0 Å². The molecule has 0 aliphatic heterocycles. The van der Waals surface area contributed by atoms with Crippen LogP contribution in [0, 0.1) is 13.8 Å². The van der Waals surface area contributed by atoms with Crippen LogP contribution in [-0.4, -0.2) is 14.4 Å². The Morgan fingerprint density at radius 1 is 1.03 bits per heavy atom. The van der Waals surface area contributed by atoms with E-state index in [-0.39, 0.29) is 5.56 Å². The Balaban J connectivity index is 1.66. The Morgan fingerprint density at radius 2 is 1.87 bits per heavy atom. The molecule has 3 heterocycles. The van der Waals surface area contributed by atoms with Gasteiger partial charge in [-0.2, -0.15) is 0 Å². The van der Waals surface area contributed by atoms with E-state index in [4.69, 9.17) is 16.6 Å². The minimum absolute atomic E-state index is 0.163. The van der Waals surface area contributed by atoms with Crippen LogP contribution in [0.2, 0.25) is 5.02 Å². The van der Waals surface area contributed by atoms with Gasteiger partial charge in [0.25, 0.3) is 5.56 Å². The summed E-state index contributed by atoms with van der Waals surface area (Å²) in [6.07, 6.45) is 1.97. The number of halogens is 1. The smallest absolute Gasteiger partial charge is 0.258 e. The Morgan fingerprint density at radius 3 is 2.71 bits per heavy atom. The molecule has 5 aromatic rings. The lowest BCUT2D eigenvalue weighted by Crippen LogP contribution is -2.11. The molecule has 2 N–H and O–H groups in total. The number of aromatic amines is 1. The van der Waals surface area contributed by atoms with Crippen molar-refractivity contribution in [3.63, 3.8) is 0 Å². The molecule has 0 amide bonds. The Hall–Kier alpha value is -3.57. The Kier molecular flexibility index (Phi) is 4.75. The Labute approximate surface area is 184 Å². The van der Waals surface area contributed by atoms with Crippen LogP contribution in [0.25, 0.3) is 27.8 Å². The lowest BCUT2D eigenvalue weighted by molar-refractivity contribution is 1.08. The third kappa shape index (κ3) is 3.68. The normalized spacial score (nSPS) is 11.3. The zero-order valence-corrected chi connectivity index (χ0v) is 18.0. The standard InChI is InChI=1S/C25H21ClN4O/c1-15-6-7-18-13-20(25(31)28-21(18)10-15)23-24(27-14-17-4-3-5-19(26)12-17)30-9-8-16(2)11-22(30)29-23/h3-13,27H,14H2,1-2H3,(H,28,31). The van der Waals surface area contributed by atoms with Crippen molar-refractivity contribution in [3.8, 4) is 11.3 Å². The van der Waals surface area contributed by atoms with E-state index in [0.29, 0.717) is 22.8 Å². The number of rotatable bonds is 4. The highest BCUT2D eigenvalue weighted by atomic mass is 35.5. The highest BCUT2D eigenvalue weighted by molar-refractivity contribution is 6.30. The highest BCUT2D eigenvalue weighted by Crippen LogP contribution is 2.29. The van der Waals surface area contributed by atoms with E-state index in [2.05, 4.69) is 10.3 Å². The number of H-pyrrole nitrogens is 1. The van der Waals surface area contributed by atoms with Crippen molar-refractivity contribution in [2.45, 2.75) is 20.4 Å². The number of anilines is 1. The second-order valence-electron chi connectivity index (χ2n) is 7.83. The summed E-state index contributed by atoms with van der Waals surface area (Å²) in [6, 6.07) is 19.7. The molecule has 154 valence electrons. The van der Waals surface area contributed by atoms with Gasteiger partial charge in [-0.05, 0) is 72.3 Å². The van der Waals surface area contributed by atoms with Crippen LogP contribution in [0.15, 0.2) is 71.7 Å². The predicted molar refractivity (Wildman–Crippen MR) is 127 cm³/mol. The van der Waals surface area contributed by atoms with Gasteiger partial charge < -0.3 is 10.3 Å². The molecule has 2 aromatic carbocycles. The second-order valence-corrected chi connectivity index (χ2v) is 8.26. The molecule has 0 atom stereocenters. The van der Waals surface area contributed by atoms with Crippen molar-refractivity contribution in [1.82, 2.24) is 14.4 Å². The first kappa shape index (κ1) is 19.4. The molecule has 0 spiro atoms. The number of aryl methyl sites for hydroxylation is 2. The number of pyridine rings is 2. The lowest BCUT2D eigenvalue weighted by atomic mass is 10.1. The topological polar surface area (TPSA) is 62.2 Å². The number of aromatic nitrogens is 3. The molecule has 0 radical (unpaired) electrons. The van der Waals surface area contributed by atoms with Gasteiger partial charge in [-0.3, -0.25) is 9.20 Å². The summed E-state index contributed by atoms with van der Waals surface area (Å²) in [5, 5.41) is 5.13. The number of imidazole rings is 1. The number of nitrogens with one attached hydrogen (secondary N) is 2. The molecule has 3 aromatic heterocycles. The minimum atomic E-state index is -0.163. The number of hydrogen-bond acceptors (Lipinski definition) is 3. The third-order valence-electron chi connectivity index (χ3n) is 5.39. The molecule has 0 aliphatic carbocycles. The van der Waals surface area contributed by atoms with Gasteiger partial charge in [0.2, 0.25) is 0 Å². The largest absolute Gasteiger partial charge is 0.365 e. The van der Waals surface area contributed by atoms with Gasteiger partial charge in [0.05, 0.1) is 5.56 Å². The highest BCUT2D eigenvalue weighted by Gasteiger charge is 2.18. The van der Waals surface area contributed by atoms with Gasteiger partial charge in [0, 0.05) is 23.3 Å². The Bertz CT molecular complexity index is 1500.